The first-order valence-corrected chi connectivity index (χ1v) is 10.5. The number of amides is 2. The van der Waals surface area contributed by atoms with Gasteiger partial charge < -0.3 is 19.7 Å². The van der Waals surface area contributed by atoms with Gasteiger partial charge in [0.05, 0.1) is 26.2 Å². The molecule has 0 saturated carbocycles. The van der Waals surface area contributed by atoms with Crippen LogP contribution in [0.2, 0.25) is 0 Å². The van der Waals surface area contributed by atoms with Gasteiger partial charge in [0.1, 0.15) is 0 Å². The summed E-state index contributed by atoms with van der Waals surface area (Å²) in [6, 6.07) is 11.0. The second kappa shape index (κ2) is 8.38. The summed E-state index contributed by atoms with van der Waals surface area (Å²) >= 11 is 0. The van der Waals surface area contributed by atoms with Crippen molar-refractivity contribution < 1.29 is 19.1 Å². The van der Waals surface area contributed by atoms with E-state index in [4.69, 9.17) is 9.47 Å². The lowest BCUT2D eigenvalue weighted by Crippen LogP contribution is -2.50. The number of fused-ring (bicyclic) bond motifs is 4. The number of hydrogen-bond donors (Lipinski definition) is 1. The summed E-state index contributed by atoms with van der Waals surface area (Å²) in [6.45, 7) is 3.30. The van der Waals surface area contributed by atoms with Gasteiger partial charge in [-0.05, 0) is 47.7 Å². The van der Waals surface area contributed by atoms with Crippen molar-refractivity contribution in [3.05, 3.63) is 58.7 Å². The van der Waals surface area contributed by atoms with Crippen molar-refractivity contribution in [3.8, 4) is 11.5 Å². The number of methoxy groups -OCH3 is 2. The fraction of sp³-hybridized carbons (Fsp3) is 0.417. The molecule has 0 fully saturated rings. The van der Waals surface area contributed by atoms with Crippen LogP contribution in [-0.4, -0.2) is 44.0 Å². The number of carbonyl (C=O) groups excluding carboxylic acids is 2. The average Bonchev–Trinajstić information content (AvgIpc) is 2.78. The number of carbonyl (C=O) groups is 2. The first-order valence-electron chi connectivity index (χ1n) is 10.5. The highest BCUT2D eigenvalue weighted by Crippen LogP contribution is 2.48. The van der Waals surface area contributed by atoms with E-state index in [1.54, 1.807) is 14.2 Å². The van der Waals surface area contributed by atoms with E-state index in [0.717, 1.165) is 29.5 Å². The topological polar surface area (TPSA) is 67.9 Å². The lowest BCUT2D eigenvalue weighted by Gasteiger charge is -2.45. The summed E-state index contributed by atoms with van der Waals surface area (Å²) in [5.41, 5.74) is 3.46. The molecule has 2 amide bonds. The summed E-state index contributed by atoms with van der Waals surface area (Å²) in [5, 5.41) is 3.09. The molecule has 0 bridgehead atoms. The number of ether oxygens (including phenoxy) is 2. The number of rotatable bonds is 6. The number of nitrogens with zero attached hydrogens (tertiary/aromatic N) is 1. The third-order valence-electron chi connectivity index (χ3n) is 6.14. The SMILES string of the molecule is CCCCNC(=O)C1c2ccccc2C(=O)N2CCc3cc(OC)c(OC)cc3C12. The van der Waals surface area contributed by atoms with Crippen LogP contribution in [0.15, 0.2) is 36.4 Å². The van der Waals surface area contributed by atoms with E-state index in [9.17, 15) is 9.59 Å². The molecular formula is C24H28N2O4. The van der Waals surface area contributed by atoms with E-state index in [2.05, 4.69) is 12.2 Å². The molecule has 2 aromatic rings. The number of hydrogen-bond acceptors (Lipinski definition) is 4. The predicted molar refractivity (Wildman–Crippen MR) is 114 cm³/mol. The van der Waals surface area contributed by atoms with Crippen molar-refractivity contribution in [3.63, 3.8) is 0 Å². The maximum atomic E-state index is 13.4. The van der Waals surface area contributed by atoms with Gasteiger partial charge in [-0.15, -0.1) is 0 Å². The Hall–Kier alpha value is -3.02. The summed E-state index contributed by atoms with van der Waals surface area (Å²) in [4.78, 5) is 28.5. The molecule has 30 heavy (non-hydrogen) atoms. The lowest BCUT2D eigenvalue weighted by atomic mass is 9.75. The molecule has 0 aromatic heterocycles. The molecule has 2 aliphatic rings. The van der Waals surface area contributed by atoms with E-state index in [1.165, 1.54) is 0 Å². The zero-order valence-corrected chi connectivity index (χ0v) is 17.7. The minimum atomic E-state index is -0.465. The molecule has 4 rings (SSSR count). The van der Waals surface area contributed by atoms with E-state index in [1.807, 2.05) is 41.3 Å². The summed E-state index contributed by atoms with van der Waals surface area (Å²) in [7, 11) is 3.21. The first-order chi connectivity index (χ1) is 14.6. The zero-order chi connectivity index (χ0) is 21.3. The predicted octanol–water partition coefficient (Wildman–Crippen LogP) is 3.46. The van der Waals surface area contributed by atoms with Gasteiger partial charge in [-0.25, -0.2) is 0 Å². The highest BCUT2D eigenvalue weighted by molar-refractivity contribution is 6.01. The van der Waals surface area contributed by atoms with Crippen molar-refractivity contribution in [1.29, 1.82) is 0 Å². The highest BCUT2D eigenvalue weighted by Gasteiger charge is 2.46. The molecule has 1 N–H and O–H groups in total. The van der Waals surface area contributed by atoms with Gasteiger partial charge in [0.2, 0.25) is 5.91 Å². The fourth-order valence-corrected chi connectivity index (χ4v) is 4.63. The van der Waals surface area contributed by atoms with Crippen LogP contribution in [0.5, 0.6) is 11.5 Å². The second-order valence-electron chi connectivity index (χ2n) is 7.81. The molecule has 2 aliphatic heterocycles. The summed E-state index contributed by atoms with van der Waals surface area (Å²) in [6.07, 6.45) is 2.65. The van der Waals surface area contributed by atoms with Crippen molar-refractivity contribution in [1.82, 2.24) is 10.2 Å². The zero-order valence-electron chi connectivity index (χ0n) is 17.7. The lowest BCUT2D eigenvalue weighted by molar-refractivity contribution is -0.124. The fourth-order valence-electron chi connectivity index (χ4n) is 4.63. The average molecular weight is 408 g/mol. The molecule has 6 nitrogen and oxygen atoms in total. The van der Waals surface area contributed by atoms with Gasteiger partial charge in [-0.1, -0.05) is 31.5 Å². The van der Waals surface area contributed by atoms with Crippen molar-refractivity contribution >= 4 is 11.8 Å². The molecular weight excluding hydrogens is 380 g/mol. The van der Waals surface area contributed by atoms with Crippen LogP contribution < -0.4 is 14.8 Å². The smallest absolute Gasteiger partial charge is 0.254 e. The number of benzene rings is 2. The minimum absolute atomic E-state index is 0.0198. The van der Waals surface area contributed by atoms with Crippen molar-refractivity contribution in [2.24, 2.45) is 0 Å². The van der Waals surface area contributed by atoms with Crippen LogP contribution in [0.25, 0.3) is 0 Å². The molecule has 0 spiro atoms. The largest absolute Gasteiger partial charge is 0.493 e. The molecule has 158 valence electrons. The van der Waals surface area contributed by atoms with E-state index in [0.29, 0.717) is 36.6 Å². The molecule has 0 saturated heterocycles. The van der Waals surface area contributed by atoms with Crippen molar-refractivity contribution in [2.45, 2.75) is 38.1 Å². The van der Waals surface area contributed by atoms with E-state index in [-0.39, 0.29) is 17.9 Å². The van der Waals surface area contributed by atoms with Crippen LogP contribution in [0.1, 0.15) is 58.8 Å². The van der Waals surface area contributed by atoms with Gasteiger partial charge in [-0.2, -0.15) is 0 Å². The highest BCUT2D eigenvalue weighted by atomic mass is 16.5. The Morgan fingerprint density at radius 3 is 2.60 bits per heavy atom. The number of unbranched alkanes of at least 4 members (excludes halogenated alkanes) is 1. The Morgan fingerprint density at radius 1 is 1.13 bits per heavy atom. The Balaban J connectivity index is 1.85. The first kappa shape index (κ1) is 20.3. The second-order valence-corrected chi connectivity index (χ2v) is 7.81. The van der Waals surface area contributed by atoms with E-state index >= 15 is 0 Å². The molecule has 2 heterocycles. The third kappa shape index (κ3) is 3.30. The summed E-state index contributed by atoms with van der Waals surface area (Å²) in [5.74, 6) is 0.744. The van der Waals surface area contributed by atoms with Gasteiger partial charge in [0, 0.05) is 18.7 Å². The molecule has 2 aromatic carbocycles. The standard InChI is InChI=1S/C24H28N2O4/c1-4-5-11-25-23(27)21-16-8-6-7-9-17(16)24(28)26-12-10-15-13-19(29-2)20(30-3)14-18(15)22(21)26/h6-9,13-14,21-22H,4-5,10-12H2,1-3H3,(H,25,27). The maximum absolute atomic E-state index is 13.4. The van der Waals surface area contributed by atoms with Crippen LogP contribution >= 0.6 is 0 Å². The quantitative estimate of drug-likeness (QED) is 0.744. The normalized spacial score (nSPS) is 19.4. The Kier molecular flexibility index (Phi) is 5.66. The minimum Gasteiger partial charge on any atom is -0.493 e. The molecule has 2 unspecified atom stereocenters. The van der Waals surface area contributed by atoms with Crippen molar-refractivity contribution in [2.75, 3.05) is 27.3 Å². The molecule has 0 radical (unpaired) electrons. The summed E-state index contributed by atoms with van der Waals surface area (Å²) < 4.78 is 11.0. The van der Waals surface area contributed by atoms with Crippen LogP contribution in [0, 0.1) is 0 Å². The van der Waals surface area contributed by atoms with Crippen LogP contribution in [0.4, 0.5) is 0 Å². The Bertz CT molecular complexity index is 972. The van der Waals surface area contributed by atoms with Gasteiger partial charge in [0.25, 0.3) is 5.91 Å². The van der Waals surface area contributed by atoms with Crippen LogP contribution in [0.3, 0.4) is 0 Å². The van der Waals surface area contributed by atoms with Gasteiger partial charge in [0.15, 0.2) is 11.5 Å². The van der Waals surface area contributed by atoms with E-state index < -0.39 is 5.92 Å². The maximum Gasteiger partial charge on any atom is 0.254 e. The third-order valence-corrected chi connectivity index (χ3v) is 6.14. The monoisotopic (exact) mass is 408 g/mol. The number of nitrogens with one attached hydrogen (secondary N) is 1. The molecule has 0 aliphatic carbocycles. The van der Waals surface area contributed by atoms with Crippen LogP contribution in [-0.2, 0) is 11.2 Å². The Morgan fingerprint density at radius 2 is 1.87 bits per heavy atom. The molecule has 2 atom stereocenters. The van der Waals surface area contributed by atoms with Gasteiger partial charge >= 0.3 is 0 Å². The van der Waals surface area contributed by atoms with Gasteiger partial charge in [-0.3, -0.25) is 9.59 Å². The Labute approximate surface area is 177 Å². The molecule has 6 heteroatoms.